The Kier molecular flexibility index (Phi) is 12.4. The SMILES string of the molecule is COc1ccc([Si](C)(C)[C@H]2[C@H](CC(=O)N(CCO)Cc3ccccc3)O[C@@]3(C(=O)N(Cc4cccc(N5CN(c6ccccc6)C6(CCNCC6)C5=O)c4)c4ccc(Cl)cc43)[C@@H]2C)cc1. The Morgan fingerprint density at radius 2 is 1.55 bits per heavy atom. The first kappa shape index (κ1) is 44.7. The van der Waals surface area contributed by atoms with Crippen molar-refractivity contribution in [2.45, 2.75) is 75.2 Å². The fraction of sp³-hybridized carbons (Fsp3) is 0.365. The van der Waals surface area contributed by atoms with E-state index in [4.69, 9.17) is 21.1 Å². The van der Waals surface area contributed by atoms with Gasteiger partial charge in [0.15, 0.2) is 5.60 Å². The second-order valence-corrected chi connectivity index (χ2v) is 23.7. The zero-order chi connectivity index (χ0) is 45.5. The van der Waals surface area contributed by atoms with E-state index < -0.39 is 25.3 Å². The number of aliphatic hydroxyl groups excluding tert-OH is 1. The summed E-state index contributed by atoms with van der Waals surface area (Å²) in [4.78, 5) is 52.4. The molecule has 5 aromatic carbocycles. The number of hydrogen-bond donors (Lipinski definition) is 2. The van der Waals surface area contributed by atoms with Crippen LogP contribution in [0, 0.1) is 5.92 Å². The molecule has 0 bridgehead atoms. The number of anilines is 3. The van der Waals surface area contributed by atoms with Gasteiger partial charge in [-0.15, -0.1) is 0 Å². The quantitative estimate of drug-likeness (QED) is 0.117. The summed E-state index contributed by atoms with van der Waals surface area (Å²) in [6.45, 7) is 9.17. The number of carbonyl (C=O) groups excluding carboxylic acids is 3. The molecule has 2 N–H and O–H groups in total. The number of carbonyl (C=O) groups is 3. The predicted molar refractivity (Wildman–Crippen MR) is 258 cm³/mol. The minimum atomic E-state index is -2.58. The maximum Gasteiger partial charge on any atom is 0.264 e. The summed E-state index contributed by atoms with van der Waals surface area (Å²) in [5.74, 6) is 0.116. The number of piperidine rings is 1. The van der Waals surface area contributed by atoms with Crippen molar-refractivity contribution in [2.24, 2.45) is 5.92 Å². The summed E-state index contributed by atoms with van der Waals surface area (Å²) in [6, 6.07) is 41.6. The monoisotopic (exact) mass is 911 g/mol. The average Bonchev–Trinajstić information content (AvgIpc) is 3.86. The van der Waals surface area contributed by atoms with E-state index in [1.54, 1.807) is 23.0 Å². The lowest BCUT2D eigenvalue weighted by Gasteiger charge is -2.39. The summed E-state index contributed by atoms with van der Waals surface area (Å²) in [6.07, 6.45) is 0.810. The molecule has 11 nitrogen and oxygen atoms in total. The first-order valence-corrected chi connectivity index (χ1v) is 26.2. The third-order valence-corrected chi connectivity index (χ3v) is 19.2. The maximum atomic E-state index is 15.7. The van der Waals surface area contributed by atoms with Crippen LogP contribution in [0.1, 0.15) is 42.9 Å². The number of fused-ring (bicyclic) bond motifs is 2. The Hall–Kier alpha value is -5.50. The molecule has 0 aliphatic carbocycles. The van der Waals surface area contributed by atoms with Crippen LogP contribution in [0.4, 0.5) is 17.1 Å². The van der Waals surface area contributed by atoms with Gasteiger partial charge in [0.05, 0.1) is 53.2 Å². The minimum Gasteiger partial charge on any atom is -0.497 e. The molecule has 13 heteroatoms. The third kappa shape index (κ3) is 7.92. The molecule has 3 saturated heterocycles. The molecule has 2 spiro atoms. The van der Waals surface area contributed by atoms with Crippen molar-refractivity contribution in [3.63, 3.8) is 0 Å². The van der Waals surface area contributed by atoms with E-state index in [1.807, 2.05) is 102 Å². The number of ether oxygens (including phenoxy) is 2. The summed E-state index contributed by atoms with van der Waals surface area (Å²) in [5.41, 5.74) is 2.73. The van der Waals surface area contributed by atoms with Crippen molar-refractivity contribution in [3.05, 3.63) is 149 Å². The molecule has 338 valence electrons. The van der Waals surface area contributed by atoms with Crippen LogP contribution >= 0.6 is 11.6 Å². The molecular weight excluding hydrogens is 854 g/mol. The Labute approximate surface area is 387 Å². The lowest BCUT2D eigenvalue weighted by molar-refractivity contribution is -0.150. The van der Waals surface area contributed by atoms with E-state index in [-0.39, 0.29) is 55.3 Å². The van der Waals surface area contributed by atoms with Gasteiger partial charge in [-0.3, -0.25) is 19.3 Å². The van der Waals surface area contributed by atoms with E-state index >= 15 is 4.79 Å². The van der Waals surface area contributed by atoms with Crippen LogP contribution in [0.15, 0.2) is 127 Å². The summed E-state index contributed by atoms with van der Waals surface area (Å²) in [5, 5.41) is 15.2. The molecule has 4 heterocycles. The molecule has 5 aromatic rings. The van der Waals surface area contributed by atoms with Gasteiger partial charge in [0, 0.05) is 41.0 Å². The molecule has 4 aliphatic heterocycles. The predicted octanol–water partition coefficient (Wildman–Crippen LogP) is 7.46. The largest absolute Gasteiger partial charge is 0.497 e. The van der Waals surface area contributed by atoms with Crippen LogP contribution in [0.3, 0.4) is 0 Å². The highest BCUT2D eigenvalue weighted by Crippen LogP contribution is 2.60. The molecule has 4 aliphatic rings. The van der Waals surface area contributed by atoms with Gasteiger partial charge < -0.3 is 34.6 Å². The summed E-state index contributed by atoms with van der Waals surface area (Å²) >= 11 is 6.82. The van der Waals surface area contributed by atoms with E-state index in [0.29, 0.717) is 42.3 Å². The molecule has 65 heavy (non-hydrogen) atoms. The molecule has 9 rings (SSSR count). The van der Waals surface area contributed by atoms with Gasteiger partial charge in [0.1, 0.15) is 11.3 Å². The van der Waals surface area contributed by atoms with Crippen LogP contribution in [-0.4, -0.2) is 87.5 Å². The molecule has 0 unspecified atom stereocenters. The average molecular weight is 913 g/mol. The van der Waals surface area contributed by atoms with Crippen LogP contribution in [0.5, 0.6) is 5.75 Å². The Morgan fingerprint density at radius 3 is 2.25 bits per heavy atom. The molecule has 0 radical (unpaired) electrons. The second kappa shape index (κ2) is 18.1. The molecular formula is C52H58ClN5O6Si. The van der Waals surface area contributed by atoms with Gasteiger partial charge in [-0.25, -0.2) is 0 Å². The van der Waals surface area contributed by atoms with Crippen molar-refractivity contribution >= 4 is 59.6 Å². The lowest BCUT2D eigenvalue weighted by Crippen LogP contribution is -2.55. The molecule has 3 amide bonds. The standard InChI is InChI=1S/C52H58ClN5O6Si/c1-36-48(65(3,4)43-21-19-42(63-2)20-22-43)46(32-47(60)55(28-29-59)33-37-12-7-5-8-13-37)64-52(36)44-31-39(53)18-23-45(44)56(50(52)62)34-38-14-11-17-41(30-38)57-35-58(40-15-9-6-10-16-40)51(49(57)61)24-26-54-27-25-51/h5-23,30-31,36,46,48,54,59H,24-29,32-35H2,1-4H3/t36-,46+,48-,52+/m1/s1. The van der Waals surface area contributed by atoms with Crippen LogP contribution in [0.25, 0.3) is 0 Å². The number of aliphatic hydroxyl groups is 1. The van der Waals surface area contributed by atoms with E-state index in [0.717, 1.165) is 46.5 Å². The number of rotatable bonds is 13. The number of amides is 3. The number of hydrogen-bond acceptors (Lipinski definition) is 8. The number of halogens is 1. The Balaban J connectivity index is 1.06. The second-order valence-electron chi connectivity index (χ2n) is 18.5. The lowest BCUT2D eigenvalue weighted by atomic mass is 9.82. The van der Waals surface area contributed by atoms with Crippen LogP contribution in [-0.2, 0) is 37.8 Å². The topological polar surface area (TPSA) is 115 Å². The van der Waals surface area contributed by atoms with Crippen molar-refractivity contribution in [1.82, 2.24) is 10.2 Å². The summed E-state index contributed by atoms with van der Waals surface area (Å²) < 4.78 is 12.8. The number of methoxy groups -OCH3 is 1. The number of para-hydroxylation sites is 1. The van der Waals surface area contributed by atoms with Gasteiger partial charge in [0.2, 0.25) is 5.91 Å². The van der Waals surface area contributed by atoms with Crippen molar-refractivity contribution in [1.29, 1.82) is 0 Å². The van der Waals surface area contributed by atoms with Crippen LogP contribution < -0.4 is 29.9 Å². The van der Waals surface area contributed by atoms with Crippen molar-refractivity contribution in [2.75, 3.05) is 54.7 Å². The molecule has 0 saturated carbocycles. The zero-order valence-corrected chi connectivity index (χ0v) is 39.3. The summed E-state index contributed by atoms with van der Waals surface area (Å²) in [7, 11) is -0.934. The van der Waals surface area contributed by atoms with Gasteiger partial charge in [-0.1, -0.05) is 110 Å². The van der Waals surface area contributed by atoms with E-state index in [1.165, 1.54) is 0 Å². The van der Waals surface area contributed by atoms with Gasteiger partial charge in [-0.2, -0.15) is 0 Å². The highest BCUT2D eigenvalue weighted by molar-refractivity contribution is 6.91. The van der Waals surface area contributed by atoms with Gasteiger partial charge >= 0.3 is 0 Å². The Bertz CT molecular complexity index is 2540. The number of nitrogens with one attached hydrogen (secondary N) is 1. The fourth-order valence-corrected chi connectivity index (χ4v) is 15.5. The van der Waals surface area contributed by atoms with E-state index in [2.05, 4.69) is 54.5 Å². The molecule has 3 fully saturated rings. The molecule has 0 aromatic heterocycles. The van der Waals surface area contributed by atoms with E-state index in [9.17, 15) is 14.7 Å². The van der Waals surface area contributed by atoms with Crippen LogP contribution in [0.2, 0.25) is 23.7 Å². The highest BCUT2D eigenvalue weighted by Gasteiger charge is 2.66. The number of nitrogens with zero attached hydrogens (tertiary/aromatic N) is 4. The van der Waals surface area contributed by atoms with Crippen molar-refractivity contribution in [3.8, 4) is 5.75 Å². The normalized spacial score (nSPS) is 22.6. The van der Waals surface area contributed by atoms with Gasteiger partial charge in [-0.05, 0) is 97.2 Å². The third-order valence-electron chi connectivity index (χ3n) is 14.6. The fourth-order valence-electron chi connectivity index (χ4n) is 11.3. The zero-order valence-electron chi connectivity index (χ0n) is 37.6. The van der Waals surface area contributed by atoms with Crippen molar-refractivity contribution < 1.29 is 29.0 Å². The Morgan fingerprint density at radius 1 is 0.877 bits per heavy atom. The first-order chi connectivity index (χ1) is 31.4. The van der Waals surface area contributed by atoms with Gasteiger partial charge in [0.25, 0.3) is 11.8 Å². The smallest absolute Gasteiger partial charge is 0.264 e. The first-order valence-electron chi connectivity index (χ1n) is 22.7. The number of benzene rings is 5. The highest BCUT2D eigenvalue weighted by atomic mass is 35.5. The minimum absolute atomic E-state index is 0.0306. The molecule has 4 atom stereocenters. The maximum absolute atomic E-state index is 15.7.